The first-order chi connectivity index (χ1) is 6.31. The maximum atomic E-state index is 10.1. The quantitative estimate of drug-likeness (QED) is 0.545. The third kappa shape index (κ3) is 1.58. The first kappa shape index (κ1) is 8.67. The number of benzene rings is 1. The number of nitrogens with zero attached hydrogens (tertiary/aromatic N) is 1. The van der Waals surface area contributed by atoms with Crippen molar-refractivity contribution in [1.29, 1.82) is 0 Å². The van der Waals surface area contributed by atoms with Crippen molar-refractivity contribution >= 4 is 22.0 Å². The molecule has 1 aliphatic rings. The van der Waals surface area contributed by atoms with Gasteiger partial charge in [0.05, 0.1) is 6.04 Å². The molecule has 13 heavy (non-hydrogen) atoms. The van der Waals surface area contributed by atoms with E-state index in [2.05, 4.69) is 27.0 Å². The van der Waals surface area contributed by atoms with Gasteiger partial charge in [-0.05, 0) is 30.0 Å². The van der Waals surface area contributed by atoms with Crippen LogP contribution in [0.2, 0.25) is 0 Å². The van der Waals surface area contributed by atoms with Gasteiger partial charge in [-0.15, -0.1) is 0 Å². The molecule has 0 saturated carbocycles. The Bertz CT molecular complexity index is 383. The van der Waals surface area contributed by atoms with Crippen molar-refractivity contribution in [3.05, 3.63) is 33.8 Å². The molecule has 0 radical (unpaired) electrons. The maximum Gasteiger partial charge on any atom is 0.235 e. The smallest absolute Gasteiger partial charge is 0.211 e. The summed E-state index contributed by atoms with van der Waals surface area (Å²) in [5.41, 5.74) is 2.57. The zero-order valence-corrected chi connectivity index (χ0v) is 8.54. The summed E-state index contributed by atoms with van der Waals surface area (Å²) in [7, 11) is 0. The highest BCUT2D eigenvalue weighted by Crippen LogP contribution is 2.30. The van der Waals surface area contributed by atoms with E-state index in [1.54, 1.807) is 6.08 Å². The fourth-order valence-corrected chi connectivity index (χ4v) is 2.32. The van der Waals surface area contributed by atoms with Crippen LogP contribution in [0.1, 0.15) is 11.1 Å². The lowest BCUT2D eigenvalue weighted by Gasteiger charge is -1.99. The molecule has 2 rings (SSSR count). The summed E-state index contributed by atoms with van der Waals surface area (Å²) < 4.78 is 1.12. The van der Waals surface area contributed by atoms with Gasteiger partial charge in [0.25, 0.3) is 0 Å². The summed E-state index contributed by atoms with van der Waals surface area (Å²) in [5, 5.41) is 0. The first-order valence-electron chi connectivity index (χ1n) is 4.14. The average Bonchev–Trinajstić information content (AvgIpc) is 2.49. The molecule has 1 aliphatic carbocycles. The van der Waals surface area contributed by atoms with Crippen LogP contribution in [0.15, 0.2) is 27.7 Å². The van der Waals surface area contributed by atoms with Crippen LogP contribution in [0.5, 0.6) is 0 Å². The van der Waals surface area contributed by atoms with Crippen LogP contribution in [-0.4, -0.2) is 12.1 Å². The van der Waals surface area contributed by atoms with Crippen LogP contribution < -0.4 is 0 Å². The van der Waals surface area contributed by atoms with Crippen LogP contribution >= 0.6 is 15.9 Å². The van der Waals surface area contributed by atoms with Gasteiger partial charge in [0.15, 0.2) is 0 Å². The maximum absolute atomic E-state index is 10.1. The molecule has 66 valence electrons. The number of hydrogen-bond acceptors (Lipinski definition) is 2. The van der Waals surface area contributed by atoms with Gasteiger partial charge in [0, 0.05) is 4.47 Å². The summed E-state index contributed by atoms with van der Waals surface area (Å²) in [6, 6.07) is 6.22. The van der Waals surface area contributed by atoms with E-state index in [0.29, 0.717) is 0 Å². The number of aliphatic imine (C=N–C) groups is 1. The minimum absolute atomic E-state index is 0.103. The van der Waals surface area contributed by atoms with Gasteiger partial charge < -0.3 is 0 Å². The van der Waals surface area contributed by atoms with Crippen molar-refractivity contribution in [2.24, 2.45) is 4.99 Å². The van der Waals surface area contributed by atoms with Crippen LogP contribution in [0.3, 0.4) is 0 Å². The third-order valence-electron chi connectivity index (χ3n) is 2.35. The molecule has 1 aromatic carbocycles. The molecule has 0 amide bonds. The molecule has 0 heterocycles. The lowest BCUT2D eigenvalue weighted by atomic mass is 10.1. The minimum atomic E-state index is 0.103. The fourth-order valence-electron chi connectivity index (χ4n) is 1.75. The van der Waals surface area contributed by atoms with E-state index in [0.717, 1.165) is 17.3 Å². The highest BCUT2D eigenvalue weighted by molar-refractivity contribution is 9.10. The van der Waals surface area contributed by atoms with Crippen LogP contribution in [0.25, 0.3) is 0 Å². The monoisotopic (exact) mass is 237 g/mol. The number of rotatable bonds is 1. The van der Waals surface area contributed by atoms with E-state index in [1.165, 1.54) is 11.1 Å². The van der Waals surface area contributed by atoms with Gasteiger partial charge in [-0.3, -0.25) is 0 Å². The molecule has 0 fully saturated rings. The van der Waals surface area contributed by atoms with Gasteiger partial charge in [0.1, 0.15) is 0 Å². The van der Waals surface area contributed by atoms with Gasteiger partial charge in [-0.25, -0.2) is 9.79 Å². The predicted octanol–water partition coefficient (Wildman–Crippen LogP) is 2.25. The lowest BCUT2D eigenvalue weighted by Crippen LogP contribution is -2.01. The molecule has 0 saturated heterocycles. The second-order valence-corrected chi connectivity index (χ2v) is 4.01. The first-order valence-corrected chi connectivity index (χ1v) is 4.94. The third-order valence-corrected chi connectivity index (χ3v) is 3.09. The molecule has 0 N–H and O–H groups in total. The Morgan fingerprint density at radius 1 is 1.46 bits per heavy atom. The van der Waals surface area contributed by atoms with Crippen molar-refractivity contribution in [2.45, 2.75) is 18.9 Å². The Balaban J connectivity index is 2.35. The summed E-state index contributed by atoms with van der Waals surface area (Å²) in [5.74, 6) is 0. The summed E-state index contributed by atoms with van der Waals surface area (Å²) in [6.07, 6.45) is 3.34. The molecular formula is C10H8BrNO. The average molecular weight is 238 g/mol. The van der Waals surface area contributed by atoms with E-state index < -0.39 is 0 Å². The van der Waals surface area contributed by atoms with Crippen molar-refractivity contribution in [3.63, 3.8) is 0 Å². The van der Waals surface area contributed by atoms with E-state index in [4.69, 9.17) is 0 Å². The van der Waals surface area contributed by atoms with E-state index in [-0.39, 0.29) is 6.04 Å². The fraction of sp³-hybridized carbons (Fsp3) is 0.300. The molecule has 1 unspecified atom stereocenters. The van der Waals surface area contributed by atoms with Gasteiger partial charge in [0.2, 0.25) is 6.08 Å². The molecule has 2 nitrogen and oxygen atoms in total. The van der Waals surface area contributed by atoms with Crippen LogP contribution in [0.4, 0.5) is 0 Å². The molecule has 0 spiro atoms. The van der Waals surface area contributed by atoms with Gasteiger partial charge in [-0.1, -0.05) is 28.1 Å². The molecule has 3 heteroatoms. The highest BCUT2D eigenvalue weighted by Gasteiger charge is 2.22. The van der Waals surface area contributed by atoms with Crippen molar-refractivity contribution in [3.8, 4) is 0 Å². The Kier molecular flexibility index (Phi) is 2.30. The largest absolute Gasteiger partial charge is 0.235 e. The van der Waals surface area contributed by atoms with E-state index >= 15 is 0 Å². The normalized spacial score (nSPS) is 19.3. The second-order valence-electron chi connectivity index (χ2n) is 3.16. The topological polar surface area (TPSA) is 29.4 Å². The van der Waals surface area contributed by atoms with Crippen LogP contribution in [-0.2, 0) is 17.6 Å². The van der Waals surface area contributed by atoms with E-state index in [1.807, 2.05) is 12.1 Å². The van der Waals surface area contributed by atoms with Crippen molar-refractivity contribution in [2.75, 3.05) is 0 Å². The molecule has 0 bridgehead atoms. The van der Waals surface area contributed by atoms with Crippen molar-refractivity contribution in [1.82, 2.24) is 0 Å². The lowest BCUT2D eigenvalue weighted by molar-refractivity contribution is 0.557. The zero-order chi connectivity index (χ0) is 9.26. The number of fused-ring (bicyclic) bond motifs is 1. The summed E-state index contributed by atoms with van der Waals surface area (Å²) in [4.78, 5) is 13.8. The Morgan fingerprint density at radius 3 is 3.00 bits per heavy atom. The predicted molar refractivity (Wildman–Crippen MR) is 53.5 cm³/mol. The minimum Gasteiger partial charge on any atom is -0.211 e. The molecule has 0 aromatic heterocycles. The molecule has 1 aromatic rings. The summed E-state index contributed by atoms with van der Waals surface area (Å²) >= 11 is 3.49. The second kappa shape index (κ2) is 3.44. The van der Waals surface area contributed by atoms with Gasteiger partial charge in [-0.2, -0.15) is 0 Å². The van der Waals surface area contributed by atoms with E-state index in [9.17, 15) is 4.79 Å². The standard InChI is InChI=1S/C10H8BrNO/c11-10-3-1-2-7-4-8(12-6-13)5-9(7)10/h1-3,8H,4-5H2. The molecule has 1 atom stereocenters. The number of hydrogen-bond donors (Lipinski definition) is 0. The zero-order valence-electron chi connectivity index (χ0n) is 6.96. The van der Waals surface area contributed by atoms with Crippen molar-refractivity contribution < 1.29 is 4.79 Å². The highest BCUT2D eigenvalue weighted by atomic mass is 79.9. The Morgan fingerprint density at radius 2 is 2.31 bits per heavy atom. The Hall–Kier alpha value is -0.920. The van der Waals surface area contributed by atoms with Crippen LogP contribution in [0, 0.1) is 0 Å². The number of halogens is 1. The molecule has 0 aliphatic heterocycles. The Labute approximate surface area is 84.8 Å². The molecular weight excluding hydrogens is 230 g/mol. The summed E-state index contributed by atoms with van der Waals surface area (Å²) in [6.45, 7) is 0. The van der Waals surface area contributed by atoms with Gasteiger partial charge >= 0.3 is 0 Å². The number of isocyanates is 1. The number of carbonyl (C=O) groups excluding carboxylic acids is 1. The SMILES string of the molecule is O=C=NC1Cc2cccc(Br)c2C1.